The van der Waals surface area contributed by atoms with Gasteiger partial charge in [0.1, 0.15) is 0 Å². The van der Waals surface area contributed by atoms with Crippen molar-refractivity contribution in [3.05, 3.63) is 65.7 Å². The lowest BCUT2D eigenvalue weighted by molar-refractivity contribution is -0.120. The van der Waals surface area contributed by atoms with E-state index >= 15 is 0 Å². The lowest BCUT2D eigenvalue weighted by Gasteiger charge is -2.25. The molecule has 0 saturated heterocycles. The predicted molar refractivity (Wildman–Crippen MR) is 101 cm³/mol. The molecule has 0 bridgehead atoms. The summed E-state index contributed by atoms with van der Waals surface area (Å²) in [5.74, 6) is -0.557. The zero-order valence-corrected chi connectivity index (χ0v) is 16.3. The largest absolute Gasteiger partial charge is 0.335 e. The van der Waals surface area contributed by atoms with Crippen molar-refractivity contribution >= 4 is 50.5 Å². The first-order valence-electron chi connectivity index (χ1n) is 7.31. The maximum absolute atomic E-state index is 12.8. The zero-order valence-electron chi connectivity index (χ0n) is 13.2. The van der Waals surface area contributed by atoms with Crippen LogP contribution in [0.1, 0.15) is 11.1 Å². The number of rotatable bonds is 5. The Hall–Kier alpha value is -1.27. The first-order chi connectivity index (χ1) is 11.6. The maximum Gasteiger partial charge on any atom is 0.225 e. The fourth-order valence-electron chi connectivity index (χ4n) is 2.18. The number of carbonyl (C=O) groups is 1. The average Bonchev–Trinajstić information content (AvgIpc) is 2.53. The Morgan fingerprint density at radius 3 is 2.12 bits per heavy atom. The molecule has 0 heterocycles. The van der Waals surface area contributed by atoms with Crippen LogP contribution in [0, 0.1) is 6.92 Å². The molecule has 1 atom stereocenters. The molecule has 0 fully saturated rings. The first-order valence-corrected chi connectivity index (χ1v) is 9.99. The highest BCUT2D eigenvalue weighted by Gasteiger charge is 2.44. The second-order valence-electron chi connectivity index (χ2n) is 5.51. The van der Waals surface area contributed by atoms with E-state index in [1.165, 1.54) is 12.1 Å². The van der Waals surface area contributed by atoms with E-state index in [4.69, 9.17) is 34.8 Å². The molecule has 0 unspecified atom stereocenters. The van der Waals surface area contributed by atoms with Crippen LogP contribution in [0.4, 0.5) is 0 Å². The van der Waals surface area contributed by atoms with Gasteiger partial charge in [0.25, 0.3) is 0 Å². The SMILES string of the molecule is Cc1ccc(S(=O)(=O)[C@H](NC(=O)Cc2ccccc2)C(Cl)(Cl)Cl)cc1. The molecule has 4 nitrogen and oxygen atoms in total. The molecule has 1 N–H and O–H groups in total. The third-order valence-electron chi connectivity index (χ3n) is 3.46. The third kappa shape index (κ3) is 5.35. The van der Waals surface area contributed by atoms with Gasteiger partial charge in [-0.05, 0) is 24.6 Å². The molecule has 0 radical (unpaired) electrons. The smallest absolute Gasteiger partial charge is 0.225 e. The average molecular weight is 421 g/mol. The number of benzene rings is 2. The van der Waals surface area contributed by atoms with Gasteiger partial charge in [0, 0.05) is 0 Å². The van der Waals surface area contributed by atoms with Crippen LogP contribution in [0.3, 0.4) is 0 Å². The van der Waals surface area contributed by atoms with Gasteiger partial charge in [-0.15, -0.1) is 0 Å². The molecule has 1 amide bonds. The standard InChI is InChI=1S/C17H16Cl3NO3S/c1-12-7-9-14(10-8-12)25(23,24)16(17(18,19)20)21-15(22)11-13-5-3-2-4-6-13/h2-10,16H,11H2,1H3,(H,21,22)/t16-/m0/s1. The molecule has 2 aromatic rings. The van der Waals surface area contributed by atoms with Gasteiger partial charge in [-0.1, -0.05) is 82.8 Å². The highest BCUT2D eigenvalue weighted by Crippen LogP contribution is 2.35. The van der Waals surface area contributed by atoms with Crippen LogP contribution in [-0.2, 0) is 21.1 Å². The van der Waals surface area contributed by atoms with E-state index in [1.807, 2.05) is 13.0 Å². The molecular weight excluding hydrogens is 405 g/mol. The number of nitrogens with one attached hydrogen (secondary N) is 1. The zero-order chi connectivity index (χ0) is 18.7. The Kier molecular flexibility index (Phi) is 6.38. The Labute approximate surface area is 162 Å². The Bertz CT molecular complexity index is 832. The molecule has 0 saturated carbocycles. The number of sulfone groups is 1. The highest BCUT2D eigenvalue weighted by molar-refractivity contribution is 7.92. The number of halogens is 3. The summed E-state index contributed by atoms with van der Waals surface area (Å²) in [5.41, 5.74) is 1.60. The molecule has 134 valence electrons. The summed E-state index contributed by atoms with van der Waals surface area (Å²) in [6.45, 7) is 1.82. The number of aryl methyl sites for hydroxylation is 1. The molecule has 0 aliphatic rings. The van der Waals surface area contributed by atoms with E-state index in [0.717, 1.165) is 11.1 Å². The van der Waals surface area contributed by atoms with Crippen molar-refractivity contribution in [3.63, 3.8) is 0 Å². The second-order valence-corrected chi connectivity index (χ2v) is 9.91. The van der Waals surface area contributed by atoms with E-state index in [2.05, 4.69) is 5.32 Å². The van der Waals surface area contributed by atoms with Gasteiger partial charge in [-0.3, -0.25) is 4.79 Å². The minimum absolute atomic E-state index is 0.0263. The van der Waals surface area contributed by atoms with Crippen molar-refractivity contribution in [3.8, 4) is 0 Å². The summed E-state index contributed by atoms with van der Waals surface area (Å²) in [5, 5.41) is 0.631. The normalized spacial score (nSPS) is 13.3. The van der Waals surface area contributed by atoms with Gasteiger partial charge in [0.05, 0.1) is 11.3 Å². The van der Waals surface area contributed by atoms with Gasteiger partial charge in [-0.2, -0.15) is 0 Å². The number of hydrogen-bond acceptors (Lipinski definition) is 3. The van der Waals surface area contributed by atoms with Crippen molar-refractivity contribution in [2.24, 2.45) is 0 Å². The van der Waals surface area contributed by atoms with Crippen LogP contribution < -0.4 is 5.32 Å². The molecule has 0 aromatic heterocycles. The molecule has 2 aromatic carbocycles. The van der Waals surface area contributed by atoms with E-state index in [0.29, 0.717) is 0 Å². The Morgan fingerprint density at radius 2 is 1.60 bits per heavy atom. The van der Waals surface area contributed by atoms with Crippen LogP contribution in [0.25, 0.3) is 0 Å². The lowest BCUT2D eigenvalue weighted by Crippen LogP contribution is -2.49. The highest BCUT2D eigenvalue weighted by atomic mass is 35.6. The summed E-state index contributed by atoms with van der Waals surface area (Å²) in [4.78, 5) is 12.2. The maximum atomic E-state index is 12.8. The monoisotopic (exact) mass is 419 g/mol. The fraction of sp³-hybridized carbons (Fsp3) is 0.235. The molecule has 8 heteroatoms. The minimum atomic E-state index is -4.09. The number of hydrogen-bond donors (Lipinski definition) is 1. The van der Waals surface area contributed by atoms with Gasteiger partial charge in [-0.25, -0.2) is 8.42 Å². The van der Waals surface area contributed by atoms with Crippen molar-refractivity contribution < 1.29 is 13.2 Å². The van der Waals surface area contributed by atoms with Crippen LogP contribution >= 0.6 is 34.8 Å². The van der Waals surface area contributed by atoms with Crippen LogP contribution in [0.15, 0.2) is 59.5 Å². The number of alkyl halides is 3. The topological polar surface area (TPSA) is 63.2 Å². The van der Waals surface area contributed by atoms with E-state index < -0.39 is 24.9 Å². The number of amides is 1. The van der Waals surface area contributed by atoms with E-state index in [9.17, 15) is 13.2 Å². The lowest BCUT2D eigenvalue weighted by atomic mass is 10.1. The van der Waals surface area contributed by atoms with E-state index in [1.54, 1.807) is 36.4 Å². The summed E-state index contributed by atoms with van der Waals surface area (Å²) >= 11 is 17.5. The first kappa shape index (κ1) is 20.0. The van der Waals surface area contributed by atoms with Crippen molar-refractivity contribution in [1.29, 1.82) is 0 Å². The number of carbonyl (C=O) groups excluding carboxylic acids is 1. The Balaban J connectivity index is 2.27. The molecule has 0 aliphatic carbocycles. The molecule has 0 aliphatic heterocycles. The van der Waals surface area contributed by atoms with Crippen LogP contribution in [0.2, 0.25) is 0 Å². The molecule has 25 heavy (non-hydrogen) atoms. The molecule has 0 spiro atoms. The van der Waals surface area contributed by atoms with Gasteiger partial charge < -0.3 is 5.32 Å². The predicted octanol–water partition coefficient (Wildman–Crippen LogP) is 3.82. The summed E-state index contributed by atoms with van der Waals surface area (Å²) < 4.78 is 23.4. The van der Waals surface area contributed by atoms with E-state index in [-0.39, 0.29) is 11.3 Å². The van der Waals surface area contributed by atoms with Crippen molar-refractivity contribution in [2.75, 3.05) is 0 Å². The van der Waals surface area contributed by atoms with Crippen LogP contribution in [-0.4, -0.2) is 23.5 Å². The van der Waals surface area contributed by atoms with Gasteiger partial charge >= 0.3 is 0 Å². The Morgan fingerprint density at radius 1 is 1.04 bits per heavy atom. The quantitative estimate of drug-likeness (QED) is 0.748. The van der Waals surface area contributed by atoms with Crippen LogP contribution in [0.5, 0.6) is 0 Å². The van der Waals surface area contributed by atoms with Crippen molar-refractivity contribution in [1.82, 2.24) is 5.32 Å². The summed E-state index contributed by atoms with van der Waals surface area (Å²) in [6.07, 6.45) is -0.0263. The summed E-state index contributed by atoms with van der Waals surface area (Å²) in [7, 11) is -4.09. The second kappa shape index (κ2) is 7.96. The molecular formula is C17H16Cl3NO3S. The minimum Gasteiger partial charge on any atom is -0.335 e. The molecule has 2 rings (SSSR count). The van der Waals surface area contributed by atoms with Gasteiger partial charge in [0.2, 0.25) is 19.5 Å². The third-order valence-corrected chi connectivity index (χ3v) is 6.52. The fourth-order valence-corrected chi connectivity index (χ4v) is 4.82. The van der Waals surface area contributed by atoms with Crippen molar-refractivity contribution in [2.45, 2.75) is 27.4 Å². The summed E-state index contributed by atoms with van der Waals surface area (Å²) in [6, 6.07) is 15.0. The van der Waals surface area contributed by atoms with Gasteiger partial charge in [0.15, 0.2) is 5.37 Å².